The van der Waals surface area contributed by atoms with E-state index in [0.717, 1.165) is 30.8 Å². The second kappa shape index (κ2) is 28.6. The molecule has 4 saturated heterocycles. The number of Topliss-reactive ketones (excluding diaryl/α,β-unsaturated/α-hetero) is 2. The van der Waals surface area contributed by atoms with E-state index >= 15 is 0 Å². The lowest BCUT2D eigenvalue weighted by Crippen LogP contribution is -2.55. The highest BCUT2D eigenvalue weighted by Crippen LogP contribution is 2.47. The van der Waals surface area contributed by atoms with Gasteiger partial charge < -0.3 is 30.7 Å². The van der Waals surface area contributed by atoms with Crippen molar-refractivity contribution >= 4 is 178 Å². The predicted octanol–water partition coefficient (Wildman–Crippen LogP) is 3.56. The first-order chi connectivity index (χ1) is 21.7. The first-order valence-electron chi connectivity index (χ1n) is 16.6. The van der Waals surface area contributed by atoms with E-state index in [4.69, 9.17) is 12.2 Å². The fraction of sp³-hybridized carbons (Fsp3) is 0.818. The Morgan fingerprint density at radius 1 is 0.727 bits per heavy atom. The van der Waals surface area contributed by atoms with Crippen molar-refractivity contribution in [2.45, 2.75) is 128 Å². The lowest BCUT2D eigenvalue weighted by Gasteiger charge is -2.34. The zero-order chi connectivity index (χ0) is 35.6. The number of carbonyl (C=O) groups excluding carboxylic acids is 5. The van der Waals surface area contributed by atoms with Crippen molar-refractivity contribution in [2.75, 3.05) is 32.6 Å². The van der Waals surface area contributed by atoms with Gasteiger partial charge in [0, 0.05) is 0 Å². The van der Waals surface area contributed by atoms with Crippen LogP contribution in [0.4, 0.5) is 0 Å². The molecule has 0 saturated carbocycles. The molecule has 4 aliphatic rings. The third-order valence-corrected chi connectivity index (χ3v) is 12.9. The summed E-state index contributed by atoms with van der Waals surface area (Å²) < 4.78 is 0. The molecule has 330 valence electrons. The Labute approximate surface area is 400 Å². The second-order valence-electron chi connectivity index (χ2n) is 14.9. The molecule has 0 aromatic carbocycles. The first kappa shape index (κ1) is 67.8. The van der Waals surface area contributed by atoms with E-state index in [0.29, 0.717) is 11.4 Å². The summed E-state index contributed by atoms with van der Waals surface area (Å²) in [6, 6.07) is -1.93. The van der Waals surface area contributed by atoms with Gasteiger partial charge in [-0.15, -0.1) is 23.5 Å². The fourth-order valence-electron chi connectivity index (χ4n) is 7.19. The summed E-state index contributed by atoms with van der Waals surface area (Å²) in [4.78, 5) is 69.0. The molecule has 22 heteroatoms. The lowest BCUT2D eigenvalue weighted by atomic mass is 9.82. The van der Waals surface area contributed by atoms with Crippen molar-refractivity contribution in [3.05, 3.63) is 0 Å². The van der Waals surface area contributed by atoms with Gasteiger partial charge in [-0.1, -0.05) is 39.9 Å². The van der Waals surface area contributed by atoms with Crippen molar-refractivity contribution < 1.29 is 24.0 Å². The minimum absolute atomic E-state index is 0. The van der Waals surface area contributed by atoms with Crippen LogP contribution in [0.25, 0.3) is 0 Å². The molecule has 0 spiro atoms. The topological polar surface area (TPSA) is 131 Å². The molecule has 8 atom stereocenters. The van der Waals surface area contributed by atoms with Crippen LogP contribution in [0, 0.1) is 10.8 Å². The Bertz CT molecular complexity index is 1250. The number of likely N-dealkylation sites (N-methyl/N-ethyl adjacent to an activating group) is 2. The molecular formula is C33H72N6O5S11. The maximum atomic E-state index is 13.2. The van der Waals surface area contributed by atoms with Crippen molar-refractivity contribution in [2.24, 2.45) is 10.8 Å². The molecule has 0 aliphatic carbocycles. The zero-order valence-corrected chi connectivity index (χ0v) is 44.4. The fourth-order valence-corrected chi connectivity index (χ4v) is 10.7. The number of hydrogen-bond donors (Lipinski definition) is 3. The third-order valence-electron chi connectivity index (χ3n) is 9.98. The Morgan fingerprint density at radius 3 is 1.38 bits per heavy atom. The van der Waals surface area contributed by atoms with Gasteiger partial charge in [-0.2, -0.15) is 108 Å². The molecule has 0 radical (unpaired) electrons. The third kappa shape index (κ3) is 16.5. The summed E-state index contributed by atoms with van der Waals surface area (Å²) in [6.07, 6.45) is 3.01. The minimum Gasteiger partial charge on any atom is -0.367 e. The van der Waals surface area contributed by atoms with Gasteiger partial charge in [-0.05, 0) is 96.9 Å². The summed E-state index contributed by atoms with van der Waals surface area (Å²) in [6.45, 7) is 15.2. The van der Waals surface area contributed by atoms with Crippen LogP contribution < -0.4 is 16.0 Å². The smallest absolute Gasteiger partial charge is 0.246 e. The van der Waals surface area contributed by atoms with Gasteiger partial charge in [0.05, 0.1) is 39.9 Å². The molecule has 3 N–H and O–H groups in total. The highest BCUT2D eigenvalue weighted by atomic mass is 32.2. The Kier molecular flexibility index (Phi) is 35.2. The second-order valence-corrected chi connectivity index (χ2v) is 17.9. The van der Waals surface area contributed by atoms with Crippen molar-refractivity contribution in [1.29, 1.82) is 0 Å². The van der Waals surface area contributed by atoms with Crippen LogP contribution in [0.5, 0.6) is 0 Å². The monoisotopic (exact) mass is 984 g/mol. The van der Waals surface area contributed by atoms with Crippen LogP contribution in [0.3, 0.4) is 0 Å². The number of nitrogens with one attached hydrogen (secondary N) is 3. The normalized spacial score (nSPS) is 26.5. The van der Waals surface area contributed by atoms with Gasteiger partial charge >= 0.3 is 0 Å². The van der Waals surface area contributed by atoms with Gasteiger partial charge in [-0.25, -0.2) is 0 Å². The maximum Gasteiger partial charge on any atom is 0.246 e. The molecule has 4 heterocycles. The Hall–Kier alpha value is 1.06. The van der Waals surface area contributed by atoms with E-state index in [1.54, 1.807) is 56.2 Å². The first-order valence-corrected chi connectivity index (χ1v) is 19.1. The summed E-state index contributed by atoms with van der Waals surface area (Å²) in [5.74, 6) is 1.48. The molecule has 0 aromatic rings. The van der Waals surface area contributed by atoms with Gasteiger partial charge in [0.1, 0.15) is 12.1 Å². The number of thioether (sulfide) groups is 2. The quantitative estimate of drug-likeness (QED) is 0.309. The molecule has 4 fully saturated rings. The largest absolute Gasteiger partial charge is 0.367 e. The van der Waals surface area contributed by atoms with Crippen molar-refractivity contribution in [3.63, 3.8) is 0 Å². The van der Waals surface area contributed by atoms with E-state index in [9.17, 15) is 24.0 Å². The highest BCUT2D eigenvalue weighted by molar-refractivity contribution is 8.00. The Balaban J connectivity index is -0.000000191. The molecule has 0 unspecified atom stereocenters. The lowest BCUT2D eigenvalue weighted by molar-refractivity contribution is -0.142. The zero-order valence-electron chi connectivity index (χ0n) is 34.0. The number of carbonyl (C=O) groups is 5. The molecule has 11 nitrogen and oxygen atoms in total. The van der Waals surface area contributed by atoms with Crippen molar-refractivity contribution in [1.82, 2.24) is 30.7 Å². The van der Waals surface area contributed by atoms with E-state index in [1.807, 2.05) is 44.7 Å². The molecule has 4 aliphatic heterocycles. The molecular weight excluding hydrogens is 913 g/mol. The highest BCUT2D eigenvalue weighted by Gasteiger charge is 2.54. The molecule has 55 heavy (non-hydrogen) atoms. The average Bonchev–Trinajstić information content (AvgIpc) is 3.30. The molecule has 4 rings (SSSR count). The van der Waals surface area contributed by atoms with E-state index in [1.165, 1.54) is 0 Å². The number of amides is 3. The molecule has 0 bridgehead atoms. The van der Waals surface area contributed by atoms with Gasteiger partial charge in [-0.3, -0.25) is 24.0 Å². The standard InChI is InChI=1S/C17H29N3O2S2.C16H27N3O3S.8H2S/c1-10(19(5)6)15(23)18-12-7-8-24-13-9-17(3,4)14(11(2)21)20(13)16(12)22;1-9(17-5)14(21)18-11-6-7-23-12-8-16(3,4)13(10(2)20)19(12)15(11)22;;;;;;;;/h10,12-14H,7-9H2,1-6H3,(H,18,23);9,11-13,17H,6-8H2,1-5H3,(H,18,21);8*1H2/t10-,12-,13-,14+;9-,11-,12-,13+;;;;;;;;/m00......../s1. The number of thiocarbonyl (C=S) groups is 1. The number of rotatable bonds is 8. The van der Waals surface area contributed by atoms with Gasteiger partial charge in [0.25, 0.3) is 0 Å². The van der Waals surface area contributed by atoms with Crippen LogP contribution in [-0.2, 0) is 24.0 Å². The Morgan fingerprint density at radius 2 is 1.07 bits per heavy atom. The van der Waals surface area contributed by atoms with E-state index in [2.05, 4.69) is 29.8 Å². The summed E-state index contributed by atoms with van der Waals surface area (Å²) in [5, 5.41) is 9.09. The number of fused-ring (bicyclic) bond motifs is 2. The number of ketones is 2. The predicted molar refractivity (Wildman–Crippen MR) is 277 cm³/mol. The van der Waals surface area contributed by atoms with Crippen LogP contribution in [-0.4, -0.2) is 129 Å². The number of hydrogen-bond acceptors (Lipinski definition) is 10. The summed E-state index contributed by atoms with van der Waals surface area (Å²) >= 11 is 8.98. The van der Waals surface area contributed by atoms with Crippen LogP contribution in [0.2, 0.25) is 0 Å². The molecule has 3 amide bonds. The van der Waals surface area contributed by atoms with Crippen molar-refractivity contribution in [3.8, 4) is 0 Å². The van der Waals surface area contributed by atoms with Crippen LogP contribution in [0.15, 0.2) is 0 Å². The maximum absolute atomic E-state index is 13.2. The van der Waals surface area contributed by atoms with Crippen LogP contribution in [0.1, 0.15) is 81.1 Å². The van der Waals surface area contributed by atoms with Gasteiger partial charge in [0.2, 0.25) is 17.7 Å². The van der Waals surface area contributed by atoms with E-state index < -0.39 is 12.1 Å². The van der Waals surface area contributed by atoms with E-state index in [-0.39, 0.29) is 183 Å². The minimum atomic E-state index is -0.549. The van der Waals surface area contributed by atoms with Crippen LogP contribution >= 0.6 is 144 Å². The summed E-state index contributed by atoms with van der Waals surface area (Å²) in [5.41, 5.74) is -0.415. The molecule has 0 aromatic heterocycles. The number of nitrogens with zero attached hydrogens (tertiary/aromatic N) is 3. The average molecular weight is 986 g/mol. The SMILES string of the molecule is CC(=O)[C@H]1N2C(=O)[C@@H](NC(=S)[C@H](C)N(C)C)CCS[C@H]2CC1(C)C.CN[C@@H](C)C(=O)N[C@H]1CCS[C@H]2CC(C)(C)[C@@H](C(C)=O)N2C1=O.S.S.S.S.S.S.S.S. The van der Waals surface area contributed by atoms with Gasteiger partial charge in [0.15, 0.2) is 11.6 Å². The summed E-state index contributed by atoms with van der Waals surface area (Å²) in [7, 11) is 5.64.